The van der Waals surface area contributed by atoms with E-state index in [4.69, 9.17) is 4.74 Å². The lowest BCUT2D eigenvalue weighted by Gasteiger charge is -2.44. The largest absolute Gasteiger partial charge is 0.508 e. The fraction of sp³-hybridized carbons (Fsp3) is 0.388. The number of benzene rings is 4. The SMILES string of the molecule is CCC(=C(c1ccc(O)cc1)c1ccc(OCCN2CCC(CN3CC4CCC(C3)N4c3ccc4c(c3)C(=O)N(C3CCC(=O)NC3=O)C4=O)CC2)cc1)c1ccccc1. The standard InChI is InChI=1S/C49H53N5O6/c1-2-41(33-6-4-3-5-7-33)46(34-8-15-39(55)16-9-34)35-10-17-40(18-11-35)60-27-26-51-24-22-32(23-25-51)29-52-30-37-12-13-38(31-52)53(37)36-14-19-42-43(28-36)49(59)54(48(42)58)44-20-21-45(56)50-47(44)57/h3-11,14-19,28,32,37-38,44,55H,2,12-13,20-27,29-31H2,1H3,(H,50,56,57). The molecular formula is C49H53N5O6. The summed E-state index contributed by atoms with van der Waals surface area (Å²) in [4.78, 5) is 59.7. The first kappa shape index (κ1) is 39.7. The number of aromatic hydroxyl groups is 1. The number of hydrogen-bond donors (Lipinski definition) is 2. The van der Waals surface area contributed by atoms with Gasteiger partial charge in [0.05, 0.1) is 11.1 Å². The third kappa shape index (κ3) is 7.96. The Balaban J connectivity index is 0.755. The highest BCUT2D eigenvalue weighted by atomic mass is 16.5. The second-order valence-electron chi connectivity index (χ2n) is 17.0. The number of rotatable bonds is 12. The number of nitrogens with zero attached hydrogens (tertiary/aromatic N) is 4. The van der Waals surface area contributed by atoms with Crippen molar-refractivity contribution < 1.29 is 29.0 Å². The maximum absolute atomic E-state index is 13.5. The molecule has 2 bridgehead atoms. The summed E-state index contributed by atoms with van der Waals surface area (Å²) in [6.45, 7) is 8.91. The van der Waals surface area contributed by atoms with Crippen LogP contribution >= 0.6 is 0 Å². The summed E-state index contributed by atoms with van der Waals surface area (Å²) in [5.74, 6) is -0.118. The summed E-state index contributed by atoms with van der Waals surface area (Å²) in [7, 11) is 0. The monoisotopic (exact) mass is 807 g/mol. The summed E-state index contributed by atoms with van der Waals surface area (Å²) in [5, 5.41) is 12.3. The molecule has 5 aliphatic rings. The van der Waals surface area contributed by atoms with Gasteiger partial charge in [-0.15, -0.1) is 0 Å². The van der Waals surface area contributed by atoms with E-state index in [9.17, 15) is 24.3 Å². The van der Waals surface area contributed by atoms with Crippen LogP contribution in [0, 0.1) is 5.92 Å². The number of phenols is 1. The van der Waals surface area contributed by atoms with Gasteiger partial charge < -0.3 is 14.7 Å². The van der Waals surface area contributed by atoms with E-state index in [-0.39, 0.29) is 24.5 Å². The van der Waals surface area contributed by atoms with Crippen LogP contribution in [0.15, 0.2) is 97.1 Å². The quantitative estimate of drug-likeness (QED) is 0.120. The zero-order valence-corrected chi connectivity index (χ0v) is 34.2. The molecule has 11 nitrogen and oxygen atoms in total. The smallest absolute Gasteiger partial charge is 0.262 e. The number of anilines is 1. The fourth-order valence-corrected chi connectivity index (χ4v) is 10.3. The summed E-state index contributed by atoms with van der Waals surface area (Å²) >= 11 is 0. The number of allylic oxidation sites excluding steroid dienone is 1. The van der Waals surface area contributed by atoms with E-state index >= 15 is 0 Å². The van der Waals surface area contributed by atoms with Crippen LogP contribution < -0.4 is 15.0 Å². The number of fused-ring (bicyclic) bond motifs is 3. The van der Waals surface area contributed by atoms with Gasteiger partial charge >= 0.3 is 0 Å². The normalized spacial score (nSPS) is 22.9. The van der Waals surface area contributed by atoms with Crippen molar-refractivity contribution in [3.05, 3.63) is 125 Å². The van der Waals surface area contributed by atoms with E-state index in [2.05, 4.69) is 75.5 Å². The molecule has 9 rings (SSSR count). The Bertz CT molecular complexity index is 2270. The lowest BCUT2D eigenvalue weighted by atomic mass is 9.88. The molecule has 5 aliphatic heterocycles. The number of carbonyl (C=O) groups is 4. The molecular weight excluding hydrogens is 755 g/mol. The molecule has 3 atom stereocenters. The predicted octanol–water partition coefficient (Wildman–Crippen LogP) is 6.61. The molecule has 4 fully saturated rings. The van der Waals surface area contributed by atoms with Gasteiger partial charge in [-0.05, 0) is 128 Å². The zero-order chi connectivity index (χ0) is 41.3. The van der Waals surface area contributed by atoms with E-state index in [0.29, 0.717) is 35.7 Å². The minimum Gasteiger partial charge on any atom is -0.508 e. The van der Waals surface area contributed by atoms with Crippen molar-refractivity contribution in [2.45, 2.75) is 70.0 Å². The maximum atomic E-state index is 13.5. The first-order valence-electron chi connectivity index (χ1n) is 21.6. The predicted molar refractivity (Wildman–Crippen MR) is 231 cm³/mol. The number of piperidine rings is 2. The Kier molecular flexibility index (Phi) is 11.3. The van der Waals surface area contributed by atoms with Gasteiger partial charge in [-0.25, -0.2) is 0 Å². The molecule has 0 radical (unpaired) electrons. The first-order chi connectivity index (χ1) is 29.2. The molecule has 2 N–H and O–H groups in total. The minimum atomic E-state index is -0.960. The van der Waals surface area contributed by atoms with Gasteiger partial charge in [-0.3, -0.25) is 39.2 Å². The number of piperazine rings is 1. The number of nitrogens with one attached hydrogen (secondary N) is 1. The molecule has 5 heterocycles. The van der Waals surface area contributed by atoms with Gasteiger partial charge in [0.2, 0.25) is 11.8 Å². The van der Waals surface area contributed by atoms with E-state index in [1.54, 1.807) is 18.2 Å². The summed E-state index contributed by atoms with van der Waals surface area (Å²) in [6, 6.07) is 31.6. The summed E-state index contributed by atoms with van der Waals surface area (Å²) in [5.41, 5.74) is 7.41. The van der Waals surface area contributed by atoms with Gasteiger partial charge in [0.25, 0.3) is 11.8 Å². The van der Waals surface area contributed by atoms with Gasteiger partial charge in [0.1, 0.15) is 24.1 Å². The molecule has 60 heavy (non-hydrogen) atoms. The Morgan fingerprint density at radius 1 is 0.733 bits per heavy atom. The van der Waals surface area contributed by atoms with Gasteiger partial charge in [0, 0.05) is 50.4 Å². The number of phenolic OH excluding ortho intramolecular Hbond substituents is 1. The van der Waals surface area contributed by atoms with Crippen LogP contribution in [-0.2, 0) is 9.59 Å². The Morgan fingerprint density at radius 2 is 1.40 bits per heavy atom. The first-order valence-corrected chi connectivity index (χ1v) is 21.6. The number of amides is 4. The molecule has 4 saturated heterocycles. The van der Waals surface area contributed by atoms with Crippen molar-refractivity contribution >= 4 is 40.5 Å². The van der Waals surface area contributed by atoms with Crippen molar-refractivity contribution in [3.63, 3.8) is 0 Å². The van der Waals surface area contributed by atoms with Gasteiger partial charge in [0.15, 0.2) is 0 Å². The molecule has 0 aliphatic carbocycles. The molecule has 3 unspecified atom stereocenters. The average molecular weight is 808 g/mol. The zero-order valence-electron chi connectivity index (χ0n) is 34.2. The van der Waals surface area contributed by atoms with E-state index < -0.39 is 23.8 Å². The van der Waals surface area contributed by atoms with Crippen LogP contribution in [-0.4, -0.2) is 107 Å². The summed E-state index contributed by atoms with van der Waals surface area (Å²) in [6.07, 6.45) is 5.65. The number of hydrogen-bond acceptors (Lipinski definition) is 9. The van der Waals surface area contributed by atoms with Gasteiger partial charge in [-0.1, -0.05) is 61.5 Å². The molecule has 11 heteroatoms. The van der Waals surface area contributed by atoms with Crippen molar-refractivity contribution in [2.24, 2.45) is 5.92 Å². The van der Waals surface area contributed by atoms with Crippen LogP contribution in [0.5, 0.6) is 11.5 Å². The second kappa shape index (κ2) is 17.1. The number of ether oxygens (including phenoxy) is 1. The highest BCUT2D eigenvalue weighted by molar-refractivity contribution is 6.23. The topological polar surface area (TPSA) is 123 Å². The van der Waals surface area contributed by atoms with Crippen LogP contribution in [0.25, 0.3) is 11.1 Å². The van der Waals surface area contributed by atoms with E-state index in [0.717, 1.165) is 91.6 Å². The minimum absolute atomic E-state index is 0.105. The van der Waals surface area contributed by atoms with Crippen molar-refractivity contribution in [1.82, 2.24) is 20.0 Å². The fourth-order valence-electron chi connectivity index (χ4n) is 10.3. The molecule has 4 aromatic carbocycles. The number of carbonyl (C=O) groups excluding carboxylic acids is 4. The molecule has 4 aromatic rings. The molecule has 4 amide bonds. The van der Waals surface area contributed by atoms with Crippen molar-refractivity contribution in [1.29, 1.82) is 0 Å². The molecule has 310 valence electrons. The second-order valence-corrected chi connectivity index (χ2v) is 17.0. The van der Waals surface area contributed by atoms with Crippen molar-refractivity contribution in [2.75, 3.05) is 50.8 Å². The van der Waals surface area contributed by atoms with Crippen LogP contribution in [0.3, 0.4) is 0 Å². The number of likely N-dealkylation sites (tertiary alicyclic amines) is 2. The highest BCUT2D eigenvalue weighted by Crippen LogP contribution is 2.39. The molecule has 0 aromatic heterocycles. The van der Waals surface area contributed by atoms with E-state index in [1.807, 2.05) is 30.3 Å². The Morgan fingerprint density at radius 3 is 2.07 bits per heavy atom. The summed E-state index contributed by atoms with van der Waals surface area (Å²) < 4.78 is 6.27. The highest BCUT2D eigenvalue weighted by Gasteiger charge is 2.46. The van der Waals surface area contributed by atoms with Gasteiger partial charge in [-0.2, -0.15) is 0 Å². The molecule has 0 saturated carbocycles. The van der Waals surface area contributed by atoms with E-state index in [1.165, 1.54) is 24.0 Å². The molecule has 0 spiro atoms. The number of imide groups is 2. The van der Waals surface area contributed by atoms with Crippen LogP contribution in [0.4, 0.5) is 5.69 Å². The van der Waals surface area contributed by atoms with Crippen molar-refractivity contribution in [3.8, 4) is 11.5 Å². The lowest BCUT2D eigenvalue weighted by Crippen LogP contribution is -2.55. The van der Waals surface area contributed by atoms with Crippen LogP contribution in [0.1, 0.15) is 89.3 Å². The average Bonchev–Trinajstić information content (AvgIpc) is 3.68. The third-order valence-corrected chi connectivity index (χ3v) is 13.3. The Hall–Kier alpha value is -5.78. The Labute approximate surface area is 351 Å². The third-order valence-electron chi connectivity index (χ3n) is 13.3. The lowest BCUT2D eigenvalue weighted by molar-refractivity contribution is -0.136. The maximum Gasteiger partial charge on any atom is 0.262 e. The van der Waals surface area contributed by atoms with Crippen LogP contribution in [0.2, 0.25) is 0 Å².